The maximum absolute atomic E-state index is 12.7. The van der Waals surface area contributed by atoms with E-state index in [1.54, 1.807) is 0 Å². The number of carbonyl (C=O) groups is 2. The van der Waals surface area contributed by atoms with Gasteiger partial charge in [0.15, 0.2) is 5.78 Å². The number of piperidine rings is 1. The molecule has 1 saturated heterocycles. The smallest absolute Gasteiger partial charge is 0.326 e. The summed E-state index contributed by atoms with van der Waals surface area (Å²) >= 11 is 0. The number of carbonyl (C=O) groups excluding carboxylic acids is 2. The molecule has 1 aromatic carbocycles. The molecule has 7 heteroatoms. The first-order valence-corrected chi connectivity index (χ1v) is 8.50. The fourth-order valence-electron chi connectivity index (χ4n) is 4.57. The number of nitrogens with zero attached hydrogens (tertiary/aromatic N) is 1. The molecular weight excluding hydrogens is 333 g/mol. The van der Waals surface area contributed by atoms with E-state index in [0.717, 1.165) is 17.7 Å². The maximum atomic E-state index is 12.7. The minimum atomic E-state index is -4.42. The van der Waals surface area contributed by atoms with Crippen molar-refractivity contribution in [1.29, 1.82) is 0 Å². The number of likely N-dealkylation sites (tertiary alicyclic amines) is 1. The normalized spacial score (nSPS) is 31.4. The first-order valence-electron chi connectivity index (χ1n) is 8.50. The number of amides is 1. The summed E-state index contributed by atoms with van der Waals surface area (Å²) in [6.45, 7) is 2.69. The Bertz CT molecular complexity index is 746. The quantitative estimate of drug-likeness (QED) is 0.890. The summed E-state index contributed by atoms with van der Waals surface area (Å²) in [6.07, 6.45) is -3.58. The zero-order valence-electron chi connectivity index (χ0n) is 13.8. The number of rotatable bonds is 2. The van der Waals surface area contributed by atoms with Crippen LogP contribution in [0.5, 0.6) is 0 Å². The van der Waals surface area contributed by atoms with E-state index in [9.17, 15) is 22.8 Å². The molecule has 0 spiro atoms. The van der Waals surface area contributed by atoms with Crippen molar-refractivity contribution in [1.82, 2.24) is 4.90 Å². The van der Waals surface area contributed by atoms with Crippen LogP contribution in [0.25, 0.3) is 0 Å². The second kappa shape index (κ2) is 5.56. The molecule has 1 aromatic rings. The molecular formula is C18H19F3N2O2. The maximum Gasteiger partial charge on any atom is 0.398 e. The standard InChI is InChI=1S/C18H19F3N2O2/c1-9(24)22-12-2-3-13-10-4-11(14(13)5-12)8-23(7-10)16-6-15(17(16)25)18(19,20)21/h2-3,5,10-11,15-16H,4,6-8H2,1H3,(H,22,24). The molecule has 2 fully saturated rings. The third-order valence-corrected chi connectivity index (χ3v) is 5.73. The van der Waals surface area contributed by atoms with Crippen molar-refractivity contribution in [3.8, 4) is 0 Å². The van der Waals surface area contributed by atoms with E-state index < -0.39 is 23.9 Å². The van der Waals surface area contributed by atoms with E-state index in [4.69, 9.17) is 0 Å². The Hall–Kier alpha value is -1.89. The van der Waals surface area contributed by atoms with Crippen LogP contribution in [0.1, 0.15) is 42.7 Å². The van der Waals surface area contributed by atoms with Gasteiger partial charge in [-0.2, -0.15) is 13.2 Å². The Kier molecular flexibility index (Phi) is 3.68. The van der Waals surface area contributed by atoms with Gasteiger partial charge in [-0.1, -0.05) is 6.07 Å². The van der Waals surface area contributed by atoms with Crippen molar-refractivity contribution in [2.75, 3.05) is 18.4 Å². The third kappa shape index (κ3) is 2.74. The minimum Gasteiger partial charge on any atom is -0.326 e. The van der Waals surface area contributed by atoms with Crippen molar-refractivity contribution >= 4 is 17.4 Å². The summed E-state index contributed by atoms with van der Waals surface area (Å²) in [5, 5.41) is 2.77. The van der Waals surface area contributed by atoms with E-state index in [0.29, 0.717) is 13.1 Å². The van der Waals surface area contributed by atoms with Crippen molar-refractivity contribution in [2.24, 2.45) is 5.92 Å². The molecule has 1 N–H and O–H groups in total. The Morgan fingerprint density at radius 3 is 2.44 bits per heavy atom. The molecule has 1 heterocycles. The summed E-state index contributed by atoms with van der Waals surface area (Å²) in [6, 6.07) is 5.22. The van der Waals surface area contributed by atoms with E-state index in [1.165, 1.54) is 12.5 Å². The van der Waals surface area contributed by atoms with Crippen LogP contribution in [0.2, 0.25) is 0 Å². The highest BCUT2D eigenvalue weighted by Gasteiger charge is 2.57. The predicted molar refractivity (Wildman–Crippen MR) is 85.4 cm³/mol. The summed E-state index contributed by atoms with van der Waals surface area (Å²) in [4.78, 5) is 25.1. The Labute approximate surface area is 143 Å². The van der Waals surface area contributed by atoms with Gasteiger partial charge in [0, 0.05) is 25.7 Å². The number of hydrogen-bond donors (Lipinski definition) is 1. The van der Waals surface area contributed by atoms with E-state index in [-0.39, 0.29) is 24.2 Å². The number of fused-ring (bicyclic) bond motifs is 5. The van der Waals surface area contributed by atoms with Gasteiger partial charge in [-0.3, -0.25) is 14.5 Å². The Morgan fingerprint density at radius 2 is 1.84 bits per heavy atom. The molecule has 2 aliphatic carbocycles. The summed E-state index contributed by atoms with van der Waals surface area (Å²) < 4.78 is 38.2. The molecule has 0 aromatic heterocycles. The van der Waals surface area contributed by atoms with E-state index in [2.05, 4.69) is 5.32 Å². The zero-order valence-corrected chi connectivity index (χ0v) is 13.8. The van der Waals surface area contributed by atoms with Gasteiger partial charge in [0.2, 0.25) is 5.91 Å². The largest absolute Gasteiger partial charge is 0.398 e. The second-order valence-corrected chi connectivity index (χ2v) is 7.36. The average molecular weight is 352 g/mol. The van der Waals surface area contributed by atoms with Crippen molar-refractivity contribution in [3.63, 3.8) is 0 Å². The van der Waals surface area contributed by atoms with Crippen LogP contribution in [0.3, 0.4) is 0 Å². The molecule has 4 rings (SSSR count). The van der Waals surface area contributed by atoms with Gasteiger partial charge in [0.1, 0.15) is 5.92 Å². The molecule has 3 aliphatic rings. The van der Waals surface area contributed by atoms with Crippen LogP contribution in [0.15, 0.2) is 18.2 Å². The van der Waals surface area contributed by atoms with Crippen LogP contribution in [-0.2, 0) is 9.59 Å². The summed E-state index contributed by atoms with van der Waals surface area (Å²) in [7, 11) is 0. The number of hydrogen-bond acceptors (Lipinski definition) is 3. The number of halogens is 3. The SMILES string of the molecule is CC(=O)Nc1ccc2c(c1)C1CC2CN(C2CC(C(F)(F)F)C2=O)C1. The lowest BCUT2D eigenvalue weighted by Crippen LogP contribution is -2.59. The Balaban J connectivity index is 1.50. The van der Waals surface area contributed by atoms with Gasteiger partial charge in [0.25, 0.3) is 0 Å². The molecule has 0 radical (unpaired) electrons. The molecule has 4 atom stereocenters. The van der Waals surface area contributed by atoms with Crippen molar-refractivity contribution < 1.29 is 22.8 Å². The van der Waals surface area contributed by atoms with Crippen LogP contribution in [-0.4, -0.2) is 41.9 Å². The summed E-state index contributed by atoms with van der Waals surface area (Å²) in [5.41, 5.74) is 3.08. The van der Waals surface area contributed by atoms with Crippen LogP contribution in [0.4, 0.5) is 18.9 Å². The van der Waals surface area contributed by atoms with Crippen LogP contribution in [0, 0.1) is 5.92 Å². The van der Waals surface area contributed by atoms with Crippen molar-refractivity contribution in [3.05, 3.63) is 29.3 Å². The first kappa shape index (κ1) is 16.6. The number of ketones is 1. The number of nitrogens with one attached hydrogen (secondary N) is 1. The van der Waals surface area contributed by atoms with Gasteiger partial charge in [-0.15, -0.1) is 0 Å². The minimum absolute atomic E-state index is 0.116. The number of benzene rings is 1. The van der Waals surface area contributed by atoms with Gasteiger partial charge < -0.3 is 5.32 Å². The lowest BCUT2D eigenvalue weighted by molar-refractivity contribution is -0.204. The fourth-order valence-corrected chi connectivity index (χ4v) is 4.57. The van der Waals surface area contributed by atoms with Crippen LogP contribution < -0.4 is 5.32 Å². The summed E-state index contributed by atoms with van der Waals surface area (Å²) in [5.74, 6) is -2.15. The lowest BCUT2D eigenvalue weighted by Gasteiger charge is -2.45. The molecule has 1 aliphatic heterocycles. The third-order valence-electron chi connectivity index (χ3n) is 5.73. The topological polar surface area (TPSA) is 49.4 Å². The van der Waals surface area contributed by atoms with E-state index >= 15 is 0 Å². The molecule has 1 amide bonds. The fraction of sp³-hybridized carbons (Fsp3) is 0.556. The molecule has 4 nitrogen and oxygen atoms in total. The predicted octanol–water partition coefficient (Wildman–Crippen LogP) is 3.05. The Morgan fingerprint density at radius 1 is 1.16 bits per heavy atom. The molecule has 25 heavy (non-hydrogen) atoms. The highest BCUT2D eigenvalue weighted by Crippen LogP contribution is 2.49. The van der Waals surface area contributed by atoms with Gasteiger partial charge in [-0.05, 0) is 47.9 Å². The molecule has 134 valence electrons. The molecule has 2 bridgehead atoms. The number of anilines is 1. The monoisotopic (exact) mass is 352 g/mol. The lowest BCUT2D eigenvalue weighted by atomic mass is 9.76. The number of alkyl halides is 3. The second-order valence-electron chi connectivity index (χ2n) is 7.36. The first-order chi connectivity index (χ1) is 11.7. The zero-order chi connectivity index (χ0) is 17.9. The van der Waals surface area contributed by atoms with Gasteiger partial charge in [-0.25, -0.2) is 0 Å². The average Bonchev–Trinajstić information content (AvgIpc) is 2.75. The molecule has 1 saturated carbocycles. The highest BCUT2D eigenvalue weighted by atomic mass is 19.4. The van der Waals surface area contributed by atoms with Gasteiger partial charge in [0.05, 0.1) is 6.04 Å². The number of Topliss-reactive ketones (excluding diaryl/α,β-unsaturated/α-hetero) is 1. The van der Waals surface area contributed by atoms with Gasteiger partial charge >= 0.3 is 6.18 Å². The highest BCUT2D eigenvalue weighted by molar-refractivity contribution is 5.93. The van der Waals surface area contributed by atoms with Crippen LogP contribution >= 0.6 is 0 Å². The van der Waals surface area contributed by atoms with Crippen molar-refractivity contribution in [2.45, 2.75) is 43.8 Å². The van der Waals surface area contributed by atoms with E-state index in [1.807, 2.05) is 23.1 Å². The molecule has 4 unspecified atom stereocenters.